The van der Waals surface area contributed by atoms with Gasteiger partial charge in [-0.1, -0.05) is 36.0 Å². The zero-order valence-electron chi connectivity index (χ0n) is 11.4. The molecule has 106 valence electrons. The van der Waals surface area contributed by atoms with Crippen molar-refractivity contribution in [2.75, 3.05) is 0 Å². The highest BCUT2D eigenvalue weighted by Crippen LogP contribution is 2.17. The minimum absolute atomic E-state index is 0.566. The Morgan fingerprint density at radius 1 is 1.29 bits per heavy atom. The quantitative estimate of drug-likeness (QED) is 0.748. The molecule has 0 atom stereocenters. The lowest BCUT2D eigenvalue weighted by molar-refractivity contribution is 0.768. The van der Waals surface area contributed by atoms with E-state index in [4.69, 9.17) is 23.8 Å². The van der Waals surface area contributed by atoms with Gasteiger partial charge in [0.15, 0.2) is 0 Å². The summed E-state index contributed by atoms with van der Waals surface area (Å²) < 4.78 is 2.32. The Balaban J connectivity index is 1.94. The van der Waals surface area contributed by atoms with Gasteiger partial charge >= 0.3 is 0 Å². The number of aryl methyl sites for hydroxylation is 1. The molecule has 0 bridgehead atoms. The summed E-state index contributed by atoms with van der Waals surface area (Å²) in [6.07, 6.45) is 4.41. The molecular formula is C15H13ClN4S. The third kappa shape index (κ3) is 3.37. The molecule has 0 radical (unpaired) electrons. The number of hydrogen-bond acceptors (Lipinski definition) is 3. The van der Waals surface area contributed by atoms with Crippen LogP contribution in [0, 0.1) is 4.64 Å². The van der Waals surface area contributed by atoms with E-state index in [0.29, 0.717) is 11.1 Å². The Bertz CT molecular complexity index is 820. The molecule has 0 spiro atoms. The van der Waals surface area contributed by atoms with Crippen molar-refractivity contribution < 1.29 is 0 Å². The van der Waals surface area contributed by atoms with Crippen molar-refractivity contribution in [2.45, 2.75) is 6.42 Å². The summed E-state index contributed by atoms with van der Waals surface area (Å²) in [5.74, 6) is 0.823. The van der Waals surface area contributed by atoms with Crippen LogP contribution in [-0.4, -0.2) is 19.7 Å². The molecule has 0 saturated heterocycles. The highest BCUT2D eigenvalue weighted by Gasteiger charge is 2.05. The Hall–Kier alpha value is -1.98. The van der Waals surface area contributed by atoms with Gasteiger partial charge in [0.1, 0.15) is 10.5 Å². The lowest BCUT2D eigenvalue weighted by atomic mass is 10.1. The van der Waals surface area contributed by atoms with Crippen molar-refractivity contribution in [3.05, 3.63) is 63.8 Å². The van der Waals surface area contributed by atoms with Gasteiger partial charge in [-0.05, 0) is 23.8 Å². The highest BCUT2D eigenvalue weighted by atomic mass is 35.5. The number of nitrogens with zero attached hydrogens (tertiary/aromatic N) is 3. The zero-order chi connectivity index (χ0) is 14.8. The topological polar surface area (TPSA) is 46.5 Å². The van der Waals surface area contributed by atoms with Crippen LogP contribution in [0.2, 0.25) is 5.02 Å². The molecule has 0 fully saturated rings. The average Bonchev–Trinajstić information content (AvgIpc) is 2.88. The molecule has 0 aliphatic carbocycles. The molecule has 4 nitrogen and oxygen atoms in total. The predicted molar refractivity (Wildman–Crippen MR) is 85.9 cm³/mol. The summed E-state index contributed by atoms with van der Waals surface area (Å²) in [6.45, 7) is 0. The van der Waals surface area contributed by atoms with E-state index >= 15 is 0 Å². The van der Waals surface area contributed by atoms with Crippen LogP contribution in [0.25, 0.3) is 11.3 Å². The van der Waals surface area contributed by atoms with Crippen LogP contribution in [0.5, 0.6) is 0 Å². The minimum Gasteiger partial charge on any atom is -0.343 e. The lowest BCUT2D eigenvalue weighted by Gasteiger charge is -2.05. The molecule has 0 saturated carbocycles. The van der Waals surface area contributed by atoms with E-state index in [0.717, 1.165) is 27.7 Å². The third-order valence-corrected chi connectivity index (χ3v) is 3.55. The second kappa shape index (κ2) is 5.79. The second-order valence-electron chi connectivity index (χ2n) is 4.79. The van der Waals surface area contributed by atoms with Crippen LogP contribution in [0.1, 0.15) is 11.4 Å². The van der Waals surface area contributed by atoms with Crippen LogP contribution in [0.4, 0.5) is 0 Å². The maximum Gasteiger partial charge on any atom is 0.130 e. The molecule has 2 heterocycles. The van der Waals surface area contributed by atoms with Gasteiger partial charge in [-0.15, -0.1) is 0 Å². The Morgan fingerprint density at radius 3 is 2.71 bits per heavy atom. The molecule has 1 aromatic carbocycles. The highest BCUT2D eigenvalue weighted by molar-refractivity contribution is 7.71. The molecular weight excluding hydrogens is 304 g/mol. The van der Waals surface area contributed by atoms with E-state index < -0.39 is 0 Å². The van der Waals surface area contributed by atoms with E-state index in [1.165, 1.54) is 0 Å². The number of halogens is 1. The number of nitrogens with one attached hydrogen (secondary N) is 1. The van der Waals surface area contributed by atoms with Crippen molar-refractivity contribution >= 4 is 23.8 Å². The first-order valence-corrected chi connectivity index (χ1v) is 7.22. The van der Waals surface area contributed by atoms with Crippen LogP contribution < -0.4 is 0 Å². The van der Waals surface area contributed by atoms with Crippen LogP contribution in [-0.2, 0) is 13.5 Å². The molecule has 1 N–H and O–H groups in total. The Labute approximate surface area is 132 Å². The Kier molecular flexibility index (Phi) is 3.86. The average molecular weight is 317 g/mol. The van der Waals surface area contributed by atoms with Crippen LogP contribution in [0.15, 0.2) is 42.7 Å². The first kappa shape index (κ1) is 14.0. The molecule has 3 aromatic rings. The first-order valence-electron chi connectivity index (χ1n) is 6.44. The smallest absolute Gasteiger partial charge is 0.130 e. The molecule has 0 aliphatic rings. The van der Waals surface area contributed by atoms with Gasteiger partial charge in [-0.2, -0.15) is 5.10 Å². The fourth-order valence-corrected chi connectivity index (χ4v) is 2.46. The number of hydrogen-bond donors (Lipinski definition) is 1. The zero-order valence-corrected chi connectivity index (χ0v) is 12.9. The summed E-state index contributed by atoms with van der Waals surface area (Å²) in [6, 6.07) is 9.56. The number of benzene rings is 1. The molecule has 3 rings (SSSR count). The Morgan fingerprint density at radius 2 is 2.05 bits per heavy atom. The van der Waals surface area contributed by atoms with E-state index in [-0.39, 0.29) is 0 Å². The lowest BCUT2D eigenvalue weighted by Crippen LogP contribution is -1.98. The summed E-state index contributed by atoms with van der Waals surface area (Å²) >= 11 is 11.1. The number of aromatic amines is 1. The summed E-state index contributed by atoms with van der Waals surface area (Å²) in [5.41, 5.74) is 3.04. The van der Waals surface area contributed by atoms with Gasteiger partial charge < -0.3 is 4.98 Å². The second-order valence-corrected chi connectivity index (χ2v) is 5.64. The van der Waals surface area contributed by atoms with E-state index in [9.17, 15) is 0 Å². The normalized spacial score (nSPS) is 10.8. The van der Waals surface area contributed by atoms with Crippen molar-refractivity contribution in [3.63, 3.8) is 0 Å². The molecule has 0 unspecified atom stereocenters. The van der Waals surface area contributed by atoms with E-state index in [1.807, 2.05) is 43.6 Å². The van der Waals surface area contributed by atoms with Gasteiger partial charge in [0, 0.05) is 30.3 Å². The maximum absolute atomic E-state index is 5.90. The predicted octanol–water partition coefficient (Wildman–Crippen LogP) is 3.78. The molecule has 6 heteroatoms. The SMILES string of the molecule is Cn1cc(-c2cc(=S)nc(Cc3ccc(Cl)cc3)[nH]2)cn1. The molecule has 21 heavy (non-hydrogen) atoms. The largest absolute Gasteiger partial charge is 0.343 e. The van der Waals surface area contributed by atoms with Crippen LogP contribution in [0.3, 0.4) is 0 Å². The van der Waals surface area contributed by atoms with Gasteiger partial charge in [-0.25, -0.2) is 4.98 Å². The van der Waals surface area contributed by atoms with Gasteiger partial charge in [0.25, 0.3) is 0 Å². The fraction of sp³-hybridized carbons (Fsp3) is 0.133. The number of rotatable bonds is 3. The summed E-state index contributed by atoms with van der Waals surface area (Å²) in [5, 5.41) is 4.90. The molecule has 0 aliphatic heterocycles. The maximum atomic E-state index is 5.90. The fourth-order valence-electron chi connectivity index (χ4n) is 2.10. The standard InChI is InChI=1S/C15H13ClN4S/c1-20-9-11(8-17-20)13-7-15(21)19-14(18-13)6-10-2-4-12(16)5-3-10/h2-5,7-9H,6H2,1H3,(H,18,19,21). The van der Waals surface area contributed by atoms with Gasteiger partial charge in [-0.3, -0.25) is 4.68 Å². The van der Waals surface area contributed by atoms with Gasteiger partial charge in [0.05, 0.1) is 11.9 Å². The van der Waals surface area contributed by atoms with E-state index in [2.05, 4.69) is 15.1 Å². The number of aromatic nitrogens is 4. The third-order valence-electron chi connectivity index (χ3n) is 3.09. The van der Waals surface area contributed by atoms with E-state index in [1.54, 1.807) is 10.9 Å². The summed E-state index contributed by atoms with van der Waals surface area (Å²) in [7, 11) is 1.88. The van der Waals surface area contributed by atoms with Crippen molar-refractivity contribution in [1.82, 2.24) is 19.7 Å². The van der Waals surface area contributed by atoms with Crippen molar-refractivity contribution in [2.24, 2.45) is 7.05 Å². The summed E-state index contributed by atoms with van der Waals surface area (Å²) in [4.78, 5) is 7.70. The monoisotopic (exact) mass is 316 g/mol. The first-order chi connectivity index (χ1) is 10.1. The molecule has 0 amide bonds. The molecule has 2 aromatic heterocycles. The van der Waals surface area contributed by atoms with Gasteiger partial charge in [0.2, 0.25) is 0 Å². The minimum atomic E-state index is 0.566. The van der Waals surface area contributed by atoms with Crippen LogP contribution >= 0.6 is 23.8 Å². The van der Waals surface area contributed by atoms with Crippen molar-refractivity contribution in [3.8, 4) is 11.3 Å². The van der Waals surface area contributed by atoms with Crippen molar-refractivity contribution in [1.29, 1.82) is 0 Å². The number of H-pyrrole nitrogens is 1.